The normalized spacial score (nSPS) is 11.6. The summed E-state index contributed by atoms with van der Waals surface area (Å²) in [5.41, 5.74) is 15.3. The van der Waals surface area contributed by atoms with E-state index in [1.54, 1.807) is 0 Å². The molecule has 1 N–H and O–H groups in total. The number of anilines is 2. The summed E-state index contributed by atoms with van der Waals surface area (Å²) in [5, 5.41) is 11.3. The van der Waals surface area contributed by atoms with E-state index in [-0.39, 0.29) is 0 Å². The lowest BCUT2D eigenvalue weighted by atomic mass is 9.95. The van der Waals surface area contributed by atoms with E-state index in [0.717, 1.165) is 22.5 Å². The lowest BCUT2D eigenvalue weighted by molar-refractivity contribution is 1.20. The van der Waals surface area contributed by atoms with Gasteiger partial charge in [0.1, 0.15) is 0 Å². The highest BCUT2D eigenvalue weighted by atomic mass is 32.1. The van der Waals surface area contributed by atoms with E-state index in [1.165, 1.54) is 91.8 Å². The van der Waals surface area contributed by atoms with Gasteiger partial charge in [0.25, 0.3) is 0 Å². The zero-order valence-corrected chi connectivity index (χ0v) is 34.0. The molecule has 0 aliphatic heterocycles. The van der Waals surface area contributed by atoms with E-state index in [0.29, 0.717) is 0 Å². The average Bonchev–Trinajstić information content (AvgIpc) is 3.88. The number of nitrogens with one attached hydrogen (secondary N) is 1. The van der Waals surface area contributed by atoms with Crippen LogP contribution in [0.25, 0.3) is 103 Å². The van der Waals surface area contributed by atoms with Crippen molar-refractivity contribution in [3.63, 3.8) is 0 Å². The molecule has 0 aliphatic carbocycles. The van der Waals surface area contributed by atoms with Gasteiger partial charge in [-0.25, -0.2) is 0 Å². The van der Waals surface area contributed by atoms with Crippen LogP contribution in [-0.2, 0) is 0 Å². The molecule has 2 nitrogen and oxygen atoms in total. The van der Waals surface area contributed by atoms with Crippen LogP contribution in [-0.4, -0.2) is 4.57 Å². The van der Waals surface area contributed by atoms with E-state index in [9.17, 15) is 0 Å². The number of para-hydroxylation sites is 2. The van der Waals surface area contributed by atoms with Crippen molar-refractivity contribution in [1.29, 1.82) is 0 Å². The van der Waals surface area contributed by atoms with Crippen molar-refractivity contribution >= 4 is 75.5 Å². The van der Waals surface area contributed by atoms with Crippen LogP contribution in [0.3, 0.4) is 0 Å². The smallest absolute Gasteiger partial charge is 0.0547 e. The van der Waals surface area contributed by atoms with Gasteiger partial charge in [-0.3, -0.25) is 0 Å². The SMILES string of the molecule is c1ccc(-c2ccc(Nc3ccccc3-c3cccc(-c4ccc5c6ccccc6n(-c6ccc(-c7cccc8c7sc7ccccc78)c7ccccc67)c5c4)c3)cc2)cc1. The summed E-state index contributed by atoms with van der Waals surface area (Å²) >= 11 is 1.89. The van der Waals surface area contributed by atoms with Gasteiger partial charge >= 0.3 is 0 Å². The summed E-state index contributed by atoms with van der Waals surface area (Å²) in [6, 6.07) is 81.7. The minimum atomic E-state index is 1.05. The monoisotopic (exact) mass is 794 g/mol. The van der Waals surface area contributed by atoms with Crippen molar-refractivity contribution in [2.45, 2.75) is 0 Å². The van der Waals surface area contributed by atoms with Crippen LogP contribution in [0.5, 0.6) is 0 Å². The number of aromatic nitrogens is 1. The van der Waals surface area contributed by atoms with E-state index < -0.39 is 0 Å². The second-order valence-corrected chi connectivity index (χ2v) is 16.8. The van der Waals surface area contributed by atoms with Gasteiger partial charge < -0.3 is 9.88 Å². The Hall–Kier alpha value is -7.72. The Bertz CT molecular complexity index is 3610. The van der Waals surface area contributed by atoms with Crippen LogP contribution < -0.4 is 5.32 Å². The molecule has 286 valence electrons. The maximum Gasteiger partial charge on any atom is 0.0547 e. The molecule has 0 amide bonds. The summed E-state index contributed by atoms with van der Waals surface area (Å²) in [6.07, 6.45) is 0. The second-order valence-electron chi connectivity index (χ2n) is 15.7. The number of nitrogens with zero attached hydrogens (tertiary/aromatic N) is 1. The molecule has 0 atom stereocenters. The Morgan fingerprint density at radius 1 is 0.328 bits per heavy atom. The van der Waals surface area contributed by atoms with Gasteiger partial charge in [-0.2, -0.15) is 0 Å². The maximum absolute atomic E-state index is 3.71. The molecule has 61 heavy (non-hydrogen) atoms. The fourth-order valence-electron chi connectivity index (χ4n) is 9.32. The first kappa shape index (κ1) is 35.2. The van der Waals surface area contributed by atoms with Crippen molar-refractivity contribution < 1.29 is 0 Å². The summed E-state index contributed by atoms with van der Waals surface area (Å²) < 4.78 is 5.14. The molecule has 0 unspecified atom stereocenters. The Morgan fingerprint density at radius 2 is 0.934 bits per heavy atom. The molecule has 0 fully saturated rings. The molecular weight excluding hydrogens is 757 g/mol. The highest BCUT2D eigenvalue weighted by Gasteiger charge is 2.19. The van der Waals surface area contributed by atoms with Gasteiger partial charge in [0.05, 0.1) is 16.7 Å². The number of thiophene rings is 1. The van der Waals surface area contributed by atoms with Gasteiger partial charge in [0.15, 0.2) is 0 Å². The highest BCUT2D eigenvalue weighted by molar-refractivity contribution is 7.26. The third-order valence-electron chi connectivity index (χ3n) is 12.2. The molecule has 0 spiro atoms. The van der Waals surface area contributed by atoms with Gasteiger partial charge in [-0.1, -0.05) is 176 Å². The molecular formula is C58H38N2S. The van der Waals surface area contributed by atoms with Crippen molar-refractivity contribution in [1.82, 2.24) is 4.57 Å². The number of hydrogen-bond donors (Lipinski definition) is 1. The fourth-order valence-corrected chi connectivity index (χ4v) is 10.6. The van der Waals surface area contributed by atoms with Crippen molar-refractivity contribution in [2.24, 2.45) is 0 Å². The van der Waals surface area contributed by atoms with Crippen molar-refractivity contribution in [3.8, 4) is 50.2 Å². The third-order valence-corrected chi connectivity index (χ3v) is 13.4. The molecule has 0 radical (unpaired) electrons. The molecule has 0 bridgehead atoms. The molecule has 0 aliphatic rings. The summed E-state index contributed by atoms with van der Waals surface area (Å²) in [7, 11) is 0. The van der Waals surface area contributed by atoms with Crippen LogP contribution in [0.2, 0.25) is 0 Å². The Balaban J connectivity index is 0.957. The average molecular weight is 795 g/mol. The van der Waals surface area contributed by atoms with Gasteiger partial charge in [0, 0.05) is 58.8 Å². The first-order valence-electron chi connectivity index (χ1n) is 20.8. The van der Waals surface area contributed by atoms with Crippen LogP contribution in [0, 0.1) is 0 Å². The van der Waals surface area contributed by atoms with Crippen LogP contribution in [0.4, 0.5) is 11.4 Å². The largest absolute Gasteiger partial charge is 0.355 e. The van der Waals surface area contributed by atoms with Gasteiger partial charge in [-0.15, -0.1) is 11.3 Å². The Kier molecular flexibility index (Phi) is 8.39. The maximum atomic E-state index is 3.71. The number of rotatable bonds is 7. The summed E-state index contributed by atoms with van der Waals surface area (Å²) in [6.45, 7) is 0. The zero-order chi connectivity index (χ0) is 40.3. The fraction of sp³-hybridized carbons (Fsp3) is 0. The molecule has 2 heterocycles. The lowest BCUT2D eigenvalue weighted by Crippen LogP contribution is -1.96. The molecule has 2 aromatic heterocycles. The topological polar surface area (TPSA) is 17.0 Å². The Labute approximate surface area is 358 Å². The minimum absolute atomic E-state index is 1.05. The third kappa shape index (κ3) is 6.01. The standard InChI is InChI=1S/C58H38N2S/c1-2-14-38(15-3-1)39-28-31-43(32-29-39)59-53-25-9-6-18-44(53)42-17-12-16-40(36-42)41-30-33-49-48-21-7-10-26-54(48)60(56(49)37-41)55-35-34-46(45-19-4-5-20-47(45)55)51-23-13-24-52-50-22-8-11-27-57(50)61-58(51)52/h1-37,59H. The predicted molar refractivity (Wildman–Crippen MR) is 263 cm³/mol. The number of benzene rings is 10. The van der Waals surface area contributed by atoms with E-state index in [2.05, 4.69) is 234 Å². The molecule has 12 aromatic rings. The van der Waals surface area contributed by atoms with E-state index in [4.69, 9.17) is 0 Å². The zero-order valence-electron chi connectivity index (χ0n) is 33.2. The van der Waals surface area contributed by atoms with Crippen LogP contribution >= 0.6 is 11.3 Å². The minimum Gasteiger partial charge on any atom is -0.355 e. The summed E-state index contributed by atoms with van der Waals surface area (Å²) in [5.74, 6) is 0. The molecule has 0 saturated carbocycles. The van der Waals surface area contributed by atoms with Crippen molar-refractivity contribution in [3.05, 3.63) is 224 Å². The van der Waals surface area contributed by atoms with Crippen LogP contribution in [0.15, 0.2) is 224 Å². The molecule has 3 heteroatoms. The van der Waals surface area contributed by atoms with Gasteiger partial charge in [0.2, 0.25) is 0 Å². The lowest BCUT2D eigenvalue weighted by Gasteiger charge is -2.16. The number of fused-ring (bicyclic) bond motifs is 7. The van der Waals surface area contributed by atoms with Crippen molar-refractivity contribution in [2.75, 3.05) is 5.32 Å². The first-order valence-corrected chi connectivity index (χ1v) is 21.7. The molecule has 0 saturated heterocycles. The molecule has 10 aromatic carbocycles. The van der Waals surface area contributed by atoms with Gasteiger partial charge in [-0.05, 0) is 87.3 Å². The highest BCUT2D eigenvalue weighted by Crippen LogP contribution is 2.44. The summed E-state index contributed by atoms with van der Waals surface area (Å²) in [4.78, 5) is 0. The predicted octanol–water partition coefficient (Wildman–Crippen LogP) is 16.7. The van der Waals surface area contributed by atoms with E-state index in [1.807, 2.05) is 11.3 Å². The number of hydrogen-bond acceptors (Lipinski definition) is 2. The quantitative estimate of drug-likeness (QED) is 0.170. The second kappa shape index (κ2) is 14.5. The van der Waals surface area contributed by atoms with Crippen LogP contribution in [0.1, 0.15) is 0 Å². The molecule has 12 rings (SSSR count). The Morgan fingerprint density at radius 3 is 1.82 bits per heavy atom. The first-order chi connectivity index (χ1) is 30.2. The van der Waals surface area contributed by atoms with E-state index >= 15 is 0 Å².